The van der Waals surface area contributed by atoms with E-state index in [9.17, 15) is 18.8 Å². The summed E-state index contributed by atoms with van der Waals surface area (Å²) in [6.45, 7) is 2.14. The van der Waals surface area contributed by atoms with E-state index in [2.05, 4.69) is 18.3 Å². The van der Waals surface area contributed by atoms with Gasteiger partial charge in [-0.25, -0.2) is 8.78 Å². The van der Waals surface area contributed by atoms with Gasteiger partial charge in [-0.15, -0.1) is 0 Å². The summed E-state index contributed by atoms with van der Waals surface area (Å²) < 4.78 is 26.3. The molecule has 2 saturated carbocycles. The van der Waals surface area contributed by atoms with Crippen molar-refractivity contribution in [3.63, 3.8) is 0 Å². The summed E-state index contributed by atoms with van der Waals surface area (Å²) in [7, 11) is 0. The maximum atomic E-state index is 13.1. The minimum atomic E-state index is -2.62. The molecule has 2 fully saturated rings. The number of hydrogen-bond acceptors (Lipinski definition) is 2. The lowest BCUT2D eigenvalue weighted by Crippen LogP contribution is -2.52. The number of amides is 1. The zero-order valence-electron chi connectivity index (χ0n) is 12.6. The van der Waals surface area contributed by atoms with E-state index in [-0.39, 0.29) is 37.5 Å². The van der Waals surface area contributed by atoms with Gasteiger partial charge in [0.05, 0.1) is 6.07 Å². The second-order valence-corrected chi connectivity index (χ2v) is 6.67. The van der Waals surface area contributed by atoms with E-state index in [1.807, 2.05) is 0 Å². The Morgan fingerprint density at radius 1 is 1.19 bits per heavy atom. The molecule has 0 spiro atoms. The molecule has 1 amide bonds. The molecule has 1 N–H and O–H groups in total. The summed E-state index contributed by atoms with van der Waals surface area (Å²) in [5, 5.41) is 12.3. The first kappa shape index (κ1) is 16.2. The molecule has 0 aromatic rings. The number of halogens is 2. The second-order valence-electron chi connectivity index (χ2n) is 6.67. The maximum absolute atomic E-state index is 13.1. The molecule has 0 aliphatic heterocycles. The smallest absolute Gasteiger partial charge is 0.248 e. The highest BCUT2D eigenvalue weighted by molar-refractivity contribution is 5.80. The molecule has 0 atom stereocenters. The Hall–Kier alpha value is -1.18. The van der Waals surface area contributed by atoms with Crippen molar-refractivity contribution >= 4 is 5.91 Å². The quantitative estimate of drug-likeness (QED) is 0.861. The van der Waals surface area contributed by atoms with E-state index >= 15 is 0 Å². The van der Waals surface area contributed by atoms with Crippen molar-refractivity contribution in [3.8, 4) is 6.07 Å². The number of nitrogens with one attached hydrogen (secondary N) is 1. The predicted octanol–water partition coefficient (Wildman–Crippen LogP) is 3.79. The average molecular weight is 298 g/mol. The van der Waals surface area contributed by atoms with Crippen molar-refractivity contribution < 1.29 is 13.6 Å². The van der Waals surface area contributed by atoms with Crippen LogP contribution in [0.25, 0.3) is 0 Å². The van der Waals surface area contributed by atoms with Crippen molar-refractivity contribution in [3.05, 3.63) is 0 Å². The highest BCUT2D eigenvalue weighted by Crippen LogP contribution is 2.38. The summed E-state index contributed by atoms with van der Waals surface area (Å²) in [6, 6.07) is 2.27. The molecule has 118 valence electrons. The van der Waals surface area contributed by atoms with Crippen molar-refractivity contribution in [2.75, 3.05) is 0 Å². The van der Waals surface area contributed by atoms with Crippen molar-refractivity contribution in [1.82, 2.24) is 5.32 Å². The Bertz CT molecular complexity index is 412. The van der Waals surface area contributed by atoms with E-state index in [1.54, 1.807) is 0 Å². The van der Waals surface area contributed by atoms with Crippen LogP contribution in [0.1, 0.15) is 64.7 Å². The van der Waals surface area contributed by atoms with Crippen molar-refractivity contribution in [1.29, 1.82) is 5.26 Å². The molecule has 0 heterocycles. The third kappa shape index (κ3) is 3.93. The molecular formula is C16H24F2N2O. The Labute approximate surface area is 125 Å². The van der Waals surface area contributed by atoms with E-state index in [0.717, 1.165) is 19.3 Å². The Morgan fingerprint density at radius 2 is 1.76 bits per heavy atom. The van der Waals surface area contributed by atoms with Gasteiger partial charge in [0.15, 0.2) is 0 Å². The lowest BCUT2D eigenvalue weighted by molar-refractivity contribution is -0.131. The average Bonchev–Trinajstić information content (AvgIpc) is 2.47. The van der Waals surface area contributed by atoms with Gasteiger partial charge in [0.25, 0.3) is 0 Å². The van der Waals surface area contributed by atoms with Gasteiger partial charge in [-0.05, 0) is 44.4 Å². The number of carbonyl (C=O) groups excluding carboxylic acids is 1. The third-order valence-corrected chi connectivity index (χ3v) is 5.20. The Kier molecular flexibility index (Phi) is 4.85. The van der Waals surface area contributed by atoms with E-state index in [4.69, 9.17) is 0 Å². The van der Waals surface area contributed by atoms with Crippen LogP contribution in [0.5, 0.6) is 0 Å². The van der Waals surface area contributed by atoms with Gasteiger partial charge in [-0.3, -0.25) is 4.79 Å². The van der Waals surface area contributed by atoms with Crippen LogP contribution in [0.15, 0.2) is 0 Å². The third-order valence-electron chi connectivity index (χ3n) is 5.20. The SMILES string of the molecule is CCC1CCC(C#N)(NC(=O)C2CCC(F)(F)CC2)CC1. The van der Waals surface area contributed by atoms with Gasteiger partial charge >= 0.3 is 0 Å². The van der Waals surface area contributed by atoms with Crippen LogP contribution in [0.2, 0.25) is 0 Å². The predicted molar refractivity (Wildman–Crippen MR) is 75.6 cm³/mol. The molecule has 0 saturated heterocycles. The monoisotopic (exact) mass is 298 g/mol. The summed E-state index contributed by atoms with van der Waals surface area (Å²) in [4.78, 5) is 12.3. The van der Waals surface area contributed by atoms with E-state index < -0.39 is 11.5 Å². The minimum absolute atomic E-state index is 0.206. The van der Waals surface area contributed by atoms with Crippen LogP contribution in [0.3, 0.4) is 0 Å². The fourth-order valence-corrected chi connectivity index (χ4v) is 3.48. The van der Waals surface area contributed by atoms with Crippen LogP contribution >= 0.6 is 0 Å². The topological polar surface area (TPSA) is 52.9 Å². The van der Waals surface area contributed by atoms with Crippen molar-refractivity contribution in [2.45, 2.75) is 76.2 Å². The molecule has 21 heavy (non-hydrogen) atoms. The number of hydrogen-bond donors (Lipinski definition) is 1. The molecule has 0 aromatic carbocycles. The van der Waals surface area contributed by atoms with Crippen LogP contribution in [-0.4, -0.2) is 17.4 Å². The van der Waals surface area contributed by atoms with Gasteiger partial charge < -0.3 is 5.32 Å². The van der Waals surface area contributed by atoms with Gasteiger partial charge in [0, 0.05) is 18.8 Å². The fraction of sp³-hybridized carbons (Fsp3) is 0.875. The van der Waals surface area contributed by atoms with Gasteiger partial charge in [-0.1, -0.05) is 13.3 Å². The number of carbonyl (C=O) groups is 1. The number of nitrogens with zero attached hydrogens (tertiary/aromatic N) is 1. The molecule has 0 unspecified atom stereocenters. The van der Waals surface area contributed by atoms with Crippen LogP contribution in [0.4, 0.5) is 8.78 Å². The summed E-state index contributed by atoms with van der Waals surface area (Å²) in [5.74, 6) is -2.56. The minimum Gasteiger partial charge on any atom is -0.338 e. The molecule has 0 bridgehead atoms. The molecular weight excluding hydrogens is 274 g/mol. The molecule has 5 heteroatoms. The maximum Gasteiger partial charge on any atom is 0.248 e. The first-order valence-electron chi connectivity index (χ1n) is 8.01. The largest absolute Gasteiger partial charge is 0.338 e. The highest BCUT2D eigenvalue weighted by Gasteiger charge is 2.41. The summed E-state index contributed by atoms with van der Waals surface area (Å²) in [6.07, 6.45) is 4.36. The lowest BCUT2D eigenvalue weighted by Gasteiger charge is -2.37. The molecule has 2 aliphatic carbocycles. The summed E-state index contributed by atoms with van der Waals surface area (Å²) >= 11 is 0. The number of alkyl halides is 2. The second kappa shape index (κ2) is 6.29. The van der Waals surface area contributed by atoms with Crippen molar-refractivity contribution in [2.24, 2.45) is 11.8 Å². The zero-order valence-corrected chi connectivity index (χ0v) is 12.6. The normalized spacial score (nSPS) is 33.1. The first-order chi connectivity index (χ1) is 9.90. The van der Waals surface area contributed by atoms with Gasteiger partial charge in [-0.2, -0.15) is 5.26 Å². The number of nitriles is 1. The van der Waals surface area contributed by atoms with Crippen LogP contribution < -0.4 is 5.32 Å². The first-order valence-corrected chi connectivity index (χ1v) is 8.01. The number of rotatable bonds is 3. The zero-order chi connectivity index (χ0) is 15.5. The van der Waals surface area contributed by atoms with Crippen LogP contribution in [-0.2, 0) is 4.79 Å². The molecule has 2 rings (SSSR count). The fourth-order valence-electron chi connectivity index (χ4n) is 3.48. The molecule has 0 aromatic heterocycles. The Morgan fingerprint density at radius 3 is 2.24 bits per heavy atom. The lowest BCUT2D eigenvalue weighted by atomic mass is 9.75. The molecule has 2 aliphatic rings. The molecule has 3 nitrogen and oxygen atoms in total. The van der Waals surface area contributed by atoms with E-state index in [0.29, 0.717) is 18.8 Å². The standard InChI is InChI=1S/C16H24F2N2O/c1-2-12-3-7-15(11-19,8-4-12)20-14(21)13-5-9-16(17,18)10-6-13/h12-13H,2-10H2,1H3,(H,20,21). The highest BCUT2D eigenvalue weighted by atomic mass is 19.3. The Balaban J connectivity index is 1.91. The van der Waals surface area contributed by atoms with Crippen LogP contribution in [0, 0.1) is 23.2 Å². The molecule has 0 radical (unpaired) electrons. The van der Waals surface area contributed by atoms with E-state index in [1.165, 1.54) is 0 Å². The summed E-state index contributed by atoms with van der Waals surface area (Å²) in [5.41, 5.74) is -0.775. The van der Waals surface area contributed by atoms with Gasteiger partial charge in [0.2, 0.25) is 11.8 Å². The van der Waals surface area contributed by atoms with Gasteiger partial charge in [0.1, 0.15) is 5.54 Å².